The Hall–Kier alpha value is -1.27. The summed E-state index contributed by atoms with van der Waals surface area (Å²) in [5.41, 5.74) is 4.43. The zero-order chi connectivity index (χ0) is 12.7. The molecule has 3 N–H and O–H groups in total. The Morgan fingerprint density at radius 3 is 2.53 bits per heavy atom. The lowest BCUT2D eigenvalue weighted by Gasteiger charge is -2.13. The van der Waals surface area contributed by atoms with Gasteiger partial charge in [-0.15, -0.1) is 0 Å². The maximum atomic E-state index is 13.7. The van der Waals surface area contributed by atoms with Crippen molar-refractivity contribution in [1.29, 1.82) is 0 Å². The maximum Gasteiger partial charge on any atom is 0.152 e. The lowest BCUT2D eigenvalue weighted by Crippen LogP contribution is -2.11. The van der Waals surface area contributed by atoms with Crippen LogP contribution in [0, 0.1) is 25.5 Å². The molecule has 0 fully saturated rings. The van der Waals surface area contributed by atoms with Crippen molar-refractivity contribution in [2.75, 3.05) is 5.43 Å². The van der Waals surface area contributed by atoms with E-state index in [1.807, 2.05) is 0 Å². The zero-order valence-corrected chi connectivity index (χ0v) is 10.8. The normalized spacial score (nSPS) is 10.9. The highest BCUT2D eigenvalue weighted by molar-refractivity contribution is 9.10. The third-order valence-corrected chi connectivity index (χ3v) is 3.51. The van der Waals surface area contributed by atoms with Crippen molar-refractivity contribution in [3.8, 4) is 0 Å². The fourth-order valence-corrected chi connectivity index (χ4v) is 2.22. The highest BCUT2D eigenvalue weighted by atomic mass is 79.9. The zero-order valence-electron chi connectivity index (χ0n) is 9.24. The van der Waals surface area contributed by atoms with Crippen LogP contribution < -0.4 is 11.3 Å². The molecular weight excluding hydrogens is 292 g/mol. The number of aryl methyl sites for hydroxylation is 1. The predicted octanol–water partition coefficient (Wildman–Crippen LogP) is 3.18. The van der Waals surface area contributed by atoms with Gasteiger partial charge in [-0.2, -0.15) is 0 Å². The van der Waals surface area contributed by atoms with E-state index >= 15 is 0 Å². The summed E-state index contributed by atoms with van der Waals surface area (Å²) in [4.78, 5) is 4.12. The number of hydrogen-bond acceptors (Lipinski definition) is 3. The van der Waals surface area contributed by atoms with Gasteiger partial charge in [-0.05, 0) is 35.3 Å². The first-order valence-electron chi connectivity index (χ1n) is 4.88. The number of benzene rings is 1. The Kier molecular flexibility index (Phi) is 3.01. The van der Waals surface area contributed by atoms with E-state index in [1.165, 1.54) is 0 Å². The van der Waals surface area contributed by atoms with E-state index in [4.69, 9.17) is 5.84 Å². The lowest BCUT2D eigenvalue weighted by atomic mass is 10.1. The van der Waals surface area contributed by atoms with Crippen LogP contribution >= 0.6 is 15.9 Å². The third-order valence-electron chi connectivity index (χ3n) is 2.74. The van der Waals surface area contributed by atoms with Gasteiger partial charge in [0.2, 0.25) is 0 Å². The average molecular weight is 302 g/mol. The Labute approximate surface area is 105 Å². The summed E-state index contributed by atoms with van der Waals surface area (Å²) in [6.07, 6.45) is 0. The largest absolute Gasteiger partial charge is 0.323 e. The molecule has 0 aliphatic carbocycles. The Morgan fingerprint density at radius 1 is 1.29 bits per heavy atom. The first-order valence-corrected chi connectivity index (χ1v) is 5.67. The van der Waals surface area contributed by atoms with Crippen LogP contribution in [0.3, 0.4) is 0 Å². The van der Waals surface area contributed by atoms with E-state index in [0.29, 0.717) is 16.8 Å². The monoisotopic (exact) mass is 301 g/mol. The number of nitrogens with one attached hydrogen (secondary N) is 1. The summed E-state index contributed by atoms with van der Waals surface area (Å²) in [5.74, 6) is 4.02. The standard InChI is InChI=1S/C11H10BrF2N3/c1-4-5(2)16-11-7(14)3-6(13)9(12)8(11)10(4)17-15/h3H,15H2,1-2H3,(H,16,17). The van der Waals surface area contributed by atoms with Gasteiger partial charge in [0.25, 0.3) is 0 Å². The fraction of sp³-hybridized carbons (Fsp3) is 0.182. The quantitative estimate of drug-likeness (QED) is 0.483. The molecule has 0 aliphatic heterocycles. The molecule has 1 aromatic carbocycles. The molecule has 0 atom stereocenters. The van der Waals surface area contributed by atoms with Gasteiger partial charge in [0.05, 0.1) is 10.2 Å². The fourth-order valence-electron chi connectivity index (χ4n) is 1.72. The lowest BCUT2D eigenvalue weighted by molar-refractivity contribution is 0.586. The molecule has 0 unspecified atom stereocenters. The molecule has 3 nitrogen and oxygen atoms in total. The van der Waals surface area contributed by atoms with Crippen molar-refractivity contribution in [3.05, 3.63) is 33.4 Å². The number of pyridine rings is 1. The number of nitrogen functional groups attached to an aromatic ring is 1. The molecule has 1 heterocycles. The van der Waals surface area contributed by atoms with Crippen LogP contribution in [0.2, 0.25) is 0 Å². The van der Waals surface area contributed by atoms with Crippen LogP contribution in [0.5, 0.6) is 0 Å². The first-order chi connectivity index (χ1) is 7.97. The second-order valence-electron chi connectivity index (χ2n) is 3.72. The molecule has 2 rings (SSSR count). The minimum Gasteiger partial charge on any atom is -0.323 e. The summed E-state index contributed by atoms with van der Waals surface area (Å²) < 4.78 is 27.3. The van der Waals surface area contributed by atoms with Crippen LogP contribution in [-0.4, -0.2) is 4.98 Å². The molecule has 17 heavy (non-hydrogen) atoms. The van der Waals surface area contributed by atoms with E-state index in [9.17, 15) is 8.78 Å². The van der Waals surface area contributed by atoms with Gasteiger partial charge in [0, 0.05) is 17.1 Å². The van der Waals surface area contributed by atoms with Crippen LogP contribution in [0.1, 0.15) is 11.3 Å². The van der Waals surface area contributed by atoms with Crippen LogP contribution in [-0.2, 0) is 0 Å². The second-order valence-corrected chi connectivity index (χ2v) is 4.51. The van der Waals surface area contributed by atoms with Gasteiger partial charge in [0.1, 0.15) is 11.3 Å². The highest BCUT2D eigenvalue weighted by Crippen LogP contribution is 2.35. The summed E-state index contributed by atoms with van der Waals surface area (Å²) in [5, 5.41) is 0.313. The van der Waals surface area contributed by atoms with Gasteiger partial charge in [0.15, 0.2) is 5.82 Å². The smallest absolute Gasteiger partial charge is 0.152 e. The first kappa shape index (κ1) is 12.2. The molecule has 0 aliphatic rings. The summed E-state index contributed by atoms with van der Waals surface area (Å²) in [6, 6.07) is 0.800. The molecule has 1 aromatic heterocycles. The van der Waals surface area contributed by atoms with Crippen LogP contribution in [0.15, 0.2) is 10.5 Å². The molecule has 90 valence electrons. The van der Waals surface area contributed by atoms with Gasteiger partial charge in [-0.25, -0.2) is 13.8 Å². The molecule has 0 bridgehead atoms. The van der Waals surface area contributed by atoms with Crippen LogP contribution in [0.25, 0.3) is 10.9 Å². The van der Waals surface area contributed by atoms with Crippen molar-refractivity contribution in [2.45, 2.75) is 13.8 Å². The van der Waals surface area contributed by atoms with Crippen molar-refractivity contribution < 1.29 is 8.78 Å². The van der Waals surface area contributed by atoms with Crippen molar-refractivity contribution in [2.24, 2.45) is 5.84 Å². The van der Waals surface area contributed by atoms with Gasteiger partial charge >= 0.3 is 0 Å². The van der Waals surface area contributed by atoms with E-state index in [1.54, 1.807) is 13.8 Å². The number of nitrogens with zero attached hydrogens (tertiary/aromatic N) is 1. The number of nitrogens with two attached hydrogens (primary N) is 1. The molecular formula is C11H10BrF2N3. The SMILES string of the molecule is Cc1nc2c(F)cc(F)c(Br)c2c(NN)c1C. The predicted molar refractivity (Wildman–Crippen MR) is 66.6 cm³/mol. The summed E-state index contributed by atoms with van der Waals surface area (Å²) in [7, 11) is 0. The number of rotatable bonds is 1. The van der Waals surface area contributed by atoms with Crippen molar-refractivity contribution in [3.63, 3.8) is 0 Å². The van der Waals surface area contributed by atoms with Crippen LogP contribution in [0.4, 0.5) is 14.5 Å². The number of hydrogen-bond donors (Lipinski definition) is 2. The molecule has 2 aromatic rings. The Bertz CT molecular complexity index is 614. The topological polar surface area (TPSA) is 50.9 Å². The molecule has 0 amide bonds. The van der Waals surface area contributed by atoms with E-state index in [-0.39, 0.29) is 9.99 Å². The molecule has 6 heteroatoms. The Balaban J connectivity index is 3.06. The number of hydrazine groups is 1. The summed E-state index contributed by atoms with van der Waals surface area (Å²) >= 11 is 3.09. The third kappa shape index (κ3) is 1.77. The molecule has 0 saturated heterocycles. The van der Waals surface area contributed by atoms with E-state index in [2.05, 4.69) is 26.3 Å². The summed E-state index contributed by atoms with van der Waals surface area (Å²) in [6.45, 7) is 3.53. The number of halogens is 3. The van der Waals surface area contributed by atoms with E-state index < -0.39 is 11.6 Å². The van der Waals surface area contributed by atoms with E-state index in [0.717, 1.165) is 11.6 Å². The molecule has 0 saturated carbocycles. The Morgan fingerprint density at radius 2 is 1.94 bits per heavy atom. The number of fused-ring (bicyclic) bond motifs is 1. The molecule has 0 radical (unpaired) electrons. The molecule has 0 spiro atoms. The second kappa shape index (κ2) is 4.19. The minimum atomic E-state index is -0.708. The maximum absolute atomic E-state index is 13.7. The van der Waals surface area contributed by atoms with Gasteiger partial charge in [-0.1, -0.05) is 0 Å². The number of anilines is 1. The minimum absolute atomic E-state index is 0.0920. The highest BCUT2D eigenvalue weighted by Gasteiger charge is 2.17. The van der Waals surface area contributed by atoms with Gasteiger partial charge < -0.3 is 5.43 Å². The van der Waals surface area contributed by atoms with Crippen molar-refractivity contribution in [1.82, 2.24) is 4.98 Å². The number of aromatic nitrogens is 1. The van der Waals surface area contributed by atoms with Crippen molar-refractivity contribution >= 4 is 32.5 Å². The average Bonchev–Trinajstić information content (AvgIpc) is 2.28. The van der Waals surface area contributed by atoms with Gasteiger partial charge in [-0.3, -0.25) is 5.84 Å².